The highest BCUT2D eigenvalue weighted by atomic mass is 16.5. The maximum atomic E-state index is 13.2. The van der Waals surface area contributed by atoms with Crippen LogP contribution in [0, 0.1) is 11.3 Å². The van der Waals surface area contributed by atoms with Gasteiger partial charge in [0.05, 0.1) is 29.9 Å². The molecule has 1 aliphatic carbocycles. The lowest BCUT2D eigenvalue weighted by atomic mass is 9.80. The Kier molecular flexibility index (Phi) is 4.21. The van der Waals surface area contributed by atoms with Gasteiger partial charge in [-0.2, -0.15) is 5.26 Å². The zero-order chi connectivity index (χ0) is 20.7. The Morgan fingerprint density at radius 3 is 2.31 bits per heavy atom. The van der Waals surface area contributed by atoms with Crippen molar-refractivity contribution in [1.29, 1.82) is 5.26 Å². The van der Waals surface area contributed by atoms with Crippen LogP contribution in [0.15, 0.2) is 48.5 Å². The summed E-state index contributed by atoms with van der Waals surface area (Å²) in [6.45, 7) is 0. The second kappa shape index (κ2) is 6.73. The van der Waals surface area contributed by atoms with E-state index in [-0.39, 0.29) is 39.1 Å². The number of hydrogen-bond acceptors (Lipinski definition) is 6. The van der Waals surface area contributed by atoms with E-state index < -0.39 is 17.3 Å². The molecule has 0 fully saturated rings. The fourth-order valence-corrected chi connectivity index (χ4v) is 3.60. The van der Waals surface area contributed by atoms with Crippen molar-refractivity contribution < 1.29 is 24.2 Å². The van der Waals surface area contributed by atoms with E-state index in [1.54, 1.807) is 24.3 Å². The molecule has 0 radical (unpaired) electrons. The van der Waals surface area contributed by atoms with Crippen molar-refractivity contribution in [1.82, 2.24) is 0 Å². The van der Waals surface area contributed by atoms with E-state index >= 15 is 0 Å². The van der Waals surface area contributed by atoms with Gasteiger partial charge >= 0.3 is 0 Å². The number of benzene rings is 3. The molecule has 6 heteroatoms. The molecule has 0 saturated carbocycles. The van der Waals surface area contributed by atoms with E-state index in [4.69, 9.17) is 10.00 Å². The topological polar surface area (TPSA) is 104 Å². The lowest BCUT2D eigenvalue weighted by Crippen LogP contribution is -2.22. The van der Waals surface area contributed by atoms with Crippen molar-refractivity contribution in [2.45, 2.75) is 0 Å². The molecule has 0 unspecified atom stereocenters. The van der Waals surface area contributed by atoms with Gasteiger partial charge in [-0.25, -0.2) is 0 Å². The monoisotopic (exact) mass is 383 g/mol. The van der Waals surface area contributed by atoms with Crippen molar-refractivity contribution in [2.24, 2.45) is 0 Å². The van der Waals surface area contributed by atoms with Crippen LogP contribution in [0.5, 0.6) is 11.5 Å². The summed E-state index contributed by atoms with van der Waals surface area (Å²) in [5.74, 6) is -1.26. The van der Waals surface area contributed by atoms with Crippen LogP contribution in [0.4, 0.5) is 0 Å². The fraction of sp³-hybridized carbons (Fsp3) is 0.0435. The van der Waals surface area contributed by atoms with E-state index in [1.807, 2.05) is 6.07 Å². The molecule has 0 heterocycles. The average molecular weight is 383 g/mol. The van der Waals surface area contributed by atoms with Crippen LogP contribution in [-0.4, -0.2) is 30.1 Å². The second-order valence-electron chi connectivity index (χ2n) is 6.46. The van der Waals surface area contributed by atoms with Gasteiger partial charge in [-0.3, -0.25) is 14.4 Å². The first-order valence-corrected chi connectivity index (χ1v) is 8.63. The normalized spacial score (nSPS) is 12.0. The molecular formula is C23H13NO5. The molecule has 6 nitrogen and oxygen atoms in total. The van der Waals surface area contributed by atoms with Crippen molar-refractivity contribution in [2.75, 3.05) is 7.11 Å². The highest BCUT2D eigenvalue weighted by molar-refractivity contribution is 6.31. The minimum atomic E-state index is -0.558. The third-order valence-electron chi connectivity index (χ3n) is 4.95. The average Bonchev–Trinajstić information content (AvgIpc) is 2.76. The van der Waals surface area contributed by atoms with Gasteiger partial charge in [0.1, 0.15) is 11.5 Å². The smallest absolute Gasteiger partial charge is 0.202 e. The zero-order valence-corrected chi connectivity index (χ0v) is 15.2. The highest BCUT2D eigenvalue weighted by Crippen LogP contribution is 2.43. The summed E-state index contributed by atoms with van der Waals surface area (Å²) in [7, 11) is 1.39. The van der Waals surface area contributed by atoms with Gasteiger partial charge in [0, 0.05) is 22.3 Å². The van der Waals surface area contributed by atoms with Crippen molar-refractivity contribution >= 4 is 17.9 Å². The van der Waals surface area contributed by atoms with Crippen LogP contribution in [0.1, 0.15) is 47.8 Å². The third-order valence-corrected chi connectivity index (χ3v) is 4.95. The van der Waals surface area contributed by atoms with Crippen LogP contribution < -0.4 is 4.74 Å². The molecule has 0 bridgehead atoms. The predicted octanol–water partition coefficient (Wildman–Crippen LogP) is 3.53. The number of ether oxygens (including phenoxy) is 1. The number of nitriles is 1. The number of rotatable bonds is 3. The molecule has 4 rings (SSSR count). The SMILES string of the molecule is COc1cccc2c1C(=O)c1c(cc(C=O)c(-c3ccc(C#N)cc3)c1O)C2=O. The van der Waals surface area contributed by atoms with Crippen LogP contribution >= 0.6 is 0 Å². The molecule has 0 saturated heterocycles. The first-order valence-electron chi connectivity index (χ1n) is 8.63. The Morgan fingerprint density at radius 1 is 0.966 bits per heavy atom. The predicted molar refractivity (Wildman–Crippen MR) is 104 cm³/mol. The first kappa shape index (κ1) is 18.1. The molecule has 29 heavy (non-hydrogen) atoms. The molecule has 0 aliphatic heterocycles. The summed E-state index contributed by atoms with van der Waals surface area (Å²) >= 11 is 0. The number of ketones is 2. The Bertz CT molecular complexity index is 1250. The minimum Gasteiger partial charge on any atom is -0.506 e. The molecule has 3 aromatic rings. The molecule has 0 atom stereocenters. The van der Waals surface area contributed by atoms with Gasteiger partial charge in [0.2, 0.25) is 5.78 Å². The minimum absolute atomic E-state index is 0.0345. The second-order valence-corrected chi connectivity index (χ2v) is 6.46. The Hall–Kier alpha value is -4.24. The van der Waals surface area contributed by atoms with Gasteiger partial charge in [-0.1, -0.05) is 24.3 Å². The highest BCUT2D eigenvalue weighted by Gasteiger charge is 2.36. The third kappa shape index (κ3) is 2.60. The number of aldehydes is 1. The lowest BCUT2D eigenvalue weighted by Gasteiger charge is -2.22. The van der Waals surface area contributed by atoms with Crippen LogP contribution in [0.25, 0.3) is 11.1 Å². The number of aromatic hydroxyl groups is 1. The molecule has 0 amide bonds. The van der Waals surface area contributed by atoms with E-state index in [0.717, 1.165) is 0 Å². The quantitative estimate of drug-likeness (QED) is 0.543. The van der Waals surface area contributed by atoms with E-state index in [2.05, 4.69) is 0 Å². The van der Waals surface area contributed by atoms with E-state index in [9.17, 15) is 19.5 Å². The summed E-state index contributed by atoms with van der Waals surface area (Å²) in [5.41, 5.74) is 1.07. The number of phenols is 1. The summed E-state index contributed by atoms with van der Waals surface area (Å²) in [4.78, 5) is 37.9. The van der Waals surface area contributed by atoms with Crippen LogP contribution in [0.2, 0.25) is 0 Å². The Labute approximate surface area is 165 Å². The van der Waals surface area contributed by atoms with Crippen LogP contribution in [-0.2, 0) is 0 Å². The van der Waals surface area contributed by atoms with E-state index in [1.165, 1.54) is 31.4 Å². The van der Waals surface area contributed by atoms with Crippen molar-refractivity contribution in [3.63, 3.8) is 0 Å². The van der Waals surface area contributed by atoms with Crippen LogP contribution in [0.3, 0.4) is 0 Å². The first-order chi connectivity index (χ1) is 14.0. The number of nitrogens with zero attached hydrogens (tertiary/aromatic N) is 1. The lowest BCUT2D eigenvalue weighted by molar-refractivity contribution is 0.0973. The maximum Gasteiger partial charge on any atom is 0.202 e. The van der Waals surface area contributed by atoms with Crippen molar-refractivity contribution in [3.8, 4) is 28.7 Å². The van der Waals surface area contributed by atoms with Gasteiger partial charge in [0.25, 0.3) is 0 Å². The Morgan fingerprint density at radius 2 is 1.69 bits per heavy atom. The number of carbonyl (C=O) groups is 3. The standard InChI is InChI=1S/C23H13NO5/c1-29-17-4-2-3-15-19(17)23(28)20-16(21(15)26)9-14(11-25)18(22(20)27)13-7-5-12(10-24)6-8-13/h2-9,11,27H,1H3. The molecule has 0 aromatic heterocycles. The van der Waals surface area contributed by atoms with E-state index in [0.29, 0.717) is 17.4 Å². The number of carbonyl (C=O) groups excluding carboxylic acids is 3. The Balaban J connectivity index is 2.02. The summed E-state index contributed by atoms with van der Waals surface area (Å²) in [5, 5.41) is 19.9. The fourth-order valence-electron chi connectivity index (χ4n) is 3.60. The molecule has 1 N–H and O–H groups in total. The van der Waals surface area contributed by atoms with Crippen molar-refractivity contribution in [3.05, 3.63) is 81.9 Å². The molecule has 3 aromatic carbocycles. The number of fused-ring (bicyclic) bond motifs is 2. The number of methoxy groups -OCH3 is 1. The molecule has 1 aliphatic rings. The molecule has 140 valence electrons. The summed E-state index contributed by atoms with van der Waals surface area (Å²) < 4.78 is 5.23. The zero-order valence-electron chi connectivity index (χ0n) is 15.2. The molecule has 0 spiro atoms. The maximum absolute atomic E-state index is 13.2. The molecular weight excluding hydrogens is 370 g/mol. The van der Waals surface area contributed by atoms with Gasteiger partial charge < -0.3 is 9.84 Å². The number of hydrogen-bond donors (Lipinski definition) is 1. The van der Waals surface area contributed by atoms with Gasteiger partial charge in [-0.05, 0) is 29.8 Å². The van der Waals surface area contributed by atoms with Gasteiger partial charge in [0.15, 0.2) is 12.1 Å². The summed E-state index contributed by atoms with van der Waals surface area (Å²) in [6.07, 6.45) is 0.520. The van der Waals surface area contributed by atoms with Gasteiger partial charge in [-0.15, -0.1) is 0 Å². The number of phenolic OH excluding ortho intramolecular Hbond substituents is 1. The largest absolute Gasteiger partial charge is 0.506 e. The summed E-state index contributed by atoms with van der Waals surface area (Å²) in [6, 6.07) is 14.2.